The average molecular weight is 253 g/mol. The van der Waals surface area contributed by atoms with Gasteiger partial charge in [-0.1, -0.05) is 42.5 Å². The zero-order valence-electron chi connectivity index (χ0n) is 10.4. The first kappa shape index (κ1) is 13.1. The third-order valence-corrected chi connectivity index (χ3v) is 2.81. The molecule has 0 fully saturated rings. The summed E-state index contributed by atoms with van der Waals surface area (Å²) in [5.41, 5.74) is 7.78. The first-order valence-electron chi connectivity index (χ1n) is 6.00. The average Bonchev–Trinajstić information content (AvgIpc) is 2.46. The second-order valence-electron chi connectivity index (χ2n) is 4.16. The van der Waals surface area contributed by atoms with Gasteiger partial charge in [0.05, 0.1) is 5.56 Å². The molecule has 2 rings (SSSR count). The lowest BCUT2D eigenvalue weighted by atomic mass is 10.1. The Bertz CT molecular complexity index is 600. The number of benzene rings is 2. The van der Waals surface area contributed by atoms with E-state index >= 15 is 0 Å². The van der Waals surface area contributed by atoms with Crippen molar-refractivity contribution in [3.63, 3.8) is 0 Å². The number of nitrogens with two attached hydrogens (primary N) is 1. The van der Waals surface area contributed by atoms with E-state index in [1.807, 2.05) is 24.3 Å². The van der Waals surface area contributed by atoms with Gasteiger partial charge in [0.15, 0.2) is 5.78 Å². The van der Waals surface area contributed by atoms with Crippen molar-refractivity contribution in [2.75, 3.05) is 0 Å². The normalized spacial score (nSPS) is 10.8. The lowest BCUT2D eigenvalue weighted by Gasteiger charge is -1.99. The molecule has 0 heterocycles. The molecule has 19 heavy (non-hydrogen) atoms. The van der Waals surface area contributed by atoms with Gasteiger partial charge < -0.3 is 10.8 Å². The Morgan fingerprint density at radius 1 is 1.11 bits per heavy atom. The molecule has 0 amide bonds. The van der Waals surface area contributed by atoms with Crippen LogP contribution in [0.2, 0.25) is 0 Å². The fraction of sp³-hybridized carbons (Fsp3) is 0.0625. The molecule has 0 unspecified atom stereocenters. The number of para-hydroxylation sites is 1. The predicted molar refractivity (Wildman–Crippen MR) is 75.8 cm³/mol. The van der Waals surface area contributed by atoms with Crippen LogP contribution in [0, 0.1) is 0 Å². The van der Waals surface area contributed by atoms with Gasteiger partial charge in [0.1, 0.15) is 5.75 Å². The number of aromatic hydroxyl groups is 1. The summed E-state index contributed by atoms with van der Waals surface area (Å²) in [5.74, 6) is -0.225. The molecule has 0 aromatic heterocycles. The first-order valence-corrected chi connectivity index (χ1v) is 6.00. The van der Waals surface area contributed by atoms with Gasteiger partial charge in [0.2, 0.25) is 0 Å². The fourth-order valence-electron chi connectivity index (χ4n) is 1.71. The molecule has 0 saturated heterocycles. The van der Waals surface area contributed by atoms with Crippen LogP contribution in [0.15, 0.2) is 54.6 Å². The van der Waals surface area contributed by atoms with E-state index in [0.717, 1.165) is 11.1 Å². The van der Waals surface area contributed by atoms with Crippen LogP contribution in [0.5, 0.6) is 5.75 Å². The van der Waals surface area contributed by atoms with Gasteiger partial charge in [0, 0.05) is 6.54 Å². The van der Waals surface area contributed by atoms with Gasteiger partial charge in [-0.3, -0.25) is 4.79 Å². The number of rotatable bonds is 4. The lowest BCUT2D eigenvalue weighted by Crippen LogP contribution is -1.95. The number of hydrogen-bond donors (Lipinski definition) is 2. The monoisotopic (exact) mass is 253 g/mol. The van der Waals surface area contributed by atoms with Crippen molar-refractivity contribution < 1.29 is 9.90 Å². The molecule has 0 radical (unpaired) electrons. The molecule has 0 aliphatic rings. The molecule has 0 atom stereocenters. The molecule has 3 nitrogen and oxygen atoms in total. The Balaban J connectivity index is 2.14. The van der Waals surface area contributed by atoms with E-state index in [9.17, 15) is 9.90 Å². The van der Waals surface area contributed by atoms with Gasteiger partial charge in [-0.2, -0.15) is 0 Å². The van der Waals surface area contributed by atoms with E-state index in [1.54, 1.807) is 24.3 Å². The molecule has 96 valence electrons. The highest BCUT2D eigenvalue weighted by Gasteiger charge is 2.06. The van der Waals surface area contributed by atoms with Crippen LogP contribution in [0.3, 0.4) is 0 Å². The summed E-state index contributed by atoms with van der Waals surface area (Å²) < 4.78 is 0. The smallest absolute Gasteiger partial charge is 0.189 e. The summed E-state index contributed by atoms with van der Waals surface area (Å²) in [7, 11) is 0. The molecule has 0 spiro atoms. The minimum Gasteiger partial charge on any atom is -0.507 e. The molecule has 3 heteroatoms. The topological polar surface area (TPSA) is 63.3 Å². The Morgan fingerprint density at radius 2 is 1.79 bits per heavy atom. The molecule has 0 bridgehead atoms. The quantitative estimate of drug-likeness (QED) is 0.650. The highest BCUT2D eigenvalue weighted by atomic mass is 16.3. The van der Waals surface area contributed by atoms with Crippen molar-refractivity contribution in [1.29, 1.82) is 0 Å². The van der Waals surface area contributed by atoms with Crippen LogP contribution in [0.1, 0.15) is 21.5 Å². The van der Waals surface area contributed by atoms with E-state index in [-0.39, 0.29) is 11.5 Å². The van der Waals surface area contributed by atoms with E-state index in [4.69, 9.17) is 5.73 Å². The summed E-state index contributed by atoms with van der Waals surface area (Å²) in [6.07, 6.45) is 3.17. The number of carbonyl (C=O) groups is 1. The minimum atomic E-state index is -0.221. The van der Waals surface area contributed by atoms with Crippen molar-refractivity contribution in [3.05, 3.63) is 71.3 Å². The summed E-state index contributed by atoms with van der Waals surface area (Å²) in [5, 5.41) is 9.58. The Labute approximate surface area is 112 Å². The maximum absolute atomic E-state index is 11.9. The Kier molecular flexibility index (Phi) is 4.11. The van der Waals surface area contributed by atoms with Crippen molar-refractivity contribution >= 4 is 11.9 Å². The van der Waals surface area contributed by atoms with Gasteiger partial charge >= 0.3 is 0 Å². The van der Waals surface area contributed by atoms with Crippen LogP contribution >= 0.6 is 0 Å². The van der Waals surface area contributed by atoms with Crippen molar-refractivity contribution in [3.8, 4) is 5.75 Å². The van der Waals surface area contributed by atoms with Gasteiger partial charge in [-0.05, 0) is 29.3 Å². The molecule has 2 aromatic rings. The second-order valence-corrected chi connectivity index (χ2v) is 4.16. The van der Waals surface area contributed by atoms with Gasteiger partial charge in [-0.25, -0.2) is 0 Å². The third kappa shape index (κ3) is 3.30. The van der Waals surface area contributed by atoms with E-state index in [2.05, 4.69) is 0 Å². The van der Waals surface area contributed by atoms with E-state index in [0.29, 0.717) is 12.1 Å². The maximum Gasteiger partial charge on any atom is 0.189 e. The van der Waals surface area contributed by atoms with Crippen LogP contribution in [-0.2, 0) is 6.54 Å². The molecule has 0 aliphatic carbocycles. The summed E-state index contributed by atoms with van der Waals surface area (Å²) in [6, 6.07) is 14.1. The largest absolute Gasteiger partial charge is 0.507 e. The lowest BCUT2D eigenvalue weighted by molar-refractivity contribution is 0.104. The second kappa shape index (κ2) is 5.98. The SMILES string of the molecule is NCc1ccc(/C=C/C(=O)c2ccccc2O)cc1. The zero-order chi connectivity index (χ0) is 13.7. The van der Waals surface area contributed by atoms with Crippen molar-refractivity contribution in [2.24, 2.45) is 5.73 Å². The maximum atomic E-state index is 11.9. The standard InChI is InChI=1S/C16H15NO2/c17-11-13-7-5-12(6-8-13)9-10-16(19)14-3-1-2-4-15(14)18/h1-10,18H,11,17H2/b10-9+. The number of phenolic OH excluding ortho intramolecular Hbond substituents is 1. The summed E-state index contributed by atoms with van der Waals surface area (Å²) in [4.78, 5) is 11.9. The Hall–Kier alpha value is -2.39. The number of phenols is 1. The molecule has 0 aliphatic heterocycles. The number of hydrogen-bond acceptors (Lipinski definition) is 3. The zero-order valence-corrected chi connectivity index (χ0v) is 10.4. The first-order chi connectivity index (χ1) is 9.20. The van der Waals surface area contributed by atoms with Crippen LogP contribution in [0.4, 0.5) is 0 Å². The molecule has 3 N–H and O–H groups in total. The summed E-state index contributed by atoms with van der Waals surface area (Å²) >= 11 is 0. The molecule has 0 saturated carbocycles. The highest BCUT2D eigenvalue weighted by Crippen LogP contribution is 2.17. The highest BCUT2D eigenvalue weighted by molar-refractivity contribution is 6.08. The number of allylic oxidation sites excluding steroid dienone is 1. The van der Waals surface area contributed by atoms with Crippen LogP contribution < -0.4 is 5.73 Å². The minimum absolute atomic E-state index is 0.00405. The van der Waals surface area contributed by atoms with Crippen LogP contribution in [-0.4, -0.2) is 10.9 Å². The van der Waals surface area contributed by atoms with Crippen LogP contribution in [0.25, 0.3) is 6.08 Å². The predicted octanol–water partition coefficient (Wildman–Crippen LogP) is 2.75. The molecular weight excluding hydrogens is 238 g/mol. The van der Waals surface area contributed by atoms with Crippen molar-refractivity contribution in [2.45, 2.75) is 6.54 Å². The van der Waals surface area contributed by atoms with E-state index < -0.39 is 0 Å². The molecular formula is C16H15NO2. The van der Waals surface area contributed by atoms with Gasteiger partial charge in [0.25, 0.3) is 0 Å². The number of carbonyl (C=O) groups excluding carboxylic acids is 1. The third-order valence-electron chi connectivity index (χ3n) is 2.81. The van der Waals surface area contributed by atoms with E-state index in [1.165, 1.54) is 12.1 Å². The number of ketones is 1. The fourth-order valence-corrected chi connectivity index (χ4v) is 1.71. The summed E-state index contributed by atoms with van der Waals surface area (Å²) in [6.45, 7) is 0.501. The van der Waals surface area contributed by atoms with Gasteiger partial charge in [-0.15, -0.1) is 0 Å². The van der Waals surface area contributed by atoms with Crippen molar-refractivity contribution in [1.82, 2.24) is 0 Å². The Morgan fingerprint density at radius 3 is 2.42 bits per heavy atom. The molecule has 2 aromatic carbocycles.